The lowest BCUT2D eigenvalue weighted by Crippen LogP contribution is -2.32. The minimum atomic E-state index is -4.12. The third kappa shape index (κ3) is 2.73. The highest BCUT2D eigenvalue weighted by Gasteiger charge is 2.49. The Balaban J connectivity index is 1.57. The van der Waals surface area contributed by atoms with Gasteiger partial charge in [0.25, 0.3) is 10.0 Å². The Morgan fingerprint density at radius 3 is 2.67 bits per heavy atom. The van der Waals surface area contributed by atoms with E-state index in [1.165, 1.54) is 18.3 Å². The van der Waals surface area contributed by atoms with E-state index in [-0.39, 0.29) is 22.0 Å². The van der Waals surface area contributed by atoms with Crippen LogP contribution >= 0.6 is 11.6 Å². The lowest BCUT2D eigenvalue weighted by molar-refractivity contribution is 0.0738. The second-order valence-corrected chi connectivity index (χ2v) is 9.15. The average molecular weight is 443 g/mol. The maximum atomic E-state index is 13.5. The number of benzene rings is 2. The fraction of sp³-hybridized carbons (Fsp3) is 0.150. The Morgan fingerprint density at radius 2 is 1.90 bits per heavy atom. The Labute approximate surface area is 177 Å². The van der Waals surface area contributed by atoms with E-state index in [1.54, 1.807) is 31.2 Å². The monoisotopic (exact) mass is 442 g/mol. The average Bonchev–Trinajstić information content (AvgIpc) is 3.31. The molecule has 2 aliphatic rings. The summed E-state index contributed by atoms with van der Waals surface area (Å²) in [6.45, 7) is 1.74. The zero-order chi connectivity index (χ0) is 21.0. The number of amidine groups is 1. The highest BCUT2D eigenvalue weighted by Crippen LogP contribution is 2.41. The van der Waals surface area contributed by atoms with Crippen LogP contribution in [0.2, 0.25) is 5.02 Å². The fourth-order valence-electron chi connectivity index (χ4n) is 3.71. The molecule has 10 heteroatoms. The molecule has 8 nitrogen and oxygen atoms in total. The second kappa shape index (κ2) is 6.68. The topological polar surface area (TPSA) is 104 Å². The molecule has 0 radical (unpaired) electrons. The molecule has 0 saturated heterocycles. The lowest BCUT2D eigenvalue weighted by atomic mass is 9.92. The molecule has 0 spiro atoms. The van der Waals surface area contributed by atoms with Gasteiger partial charge in [-0.05, 0) is 48.9 Å². The van der Waals surface area contributed by atoms with Crippen LogP contribution in [-0.2, 0) is 14.9 Å². The van der Waals surface area contributed by atoms with Crippen LogP contribution in [0.1, 0.15) is 18.6 Å². The van der Waals surface area contributed by atoms with Gasteiger partial charge in [0.2, 0.25) is 0 Å². The number of rotatable bonds is 3. The molecule has 0 fully saturated rings. The summed E-state index contributed by atoms with van der Waals surface area (Å²) in [7, 11) is -4.12. The van der Waals surface area contributed by atoms with Crippen LogP contribution in [0.5, 0.6) is 5.75 Å². The Hall–Kier alpha value is -3.17. The highest BCUT2D eigenvalue weighted by molar-refractivity contribution is 7.90. The minimum Gasteiger partial charge on any atom is -0.506 e. The van der Waals surface area contributed by atoms with E-state index in [0.29, 0.717) is 16.1 Å². The van der Waals surface area contributed by atoms with E-state index in [1.807, 2.05) is 12.1 Å². The molecule has 2 atom stereocenters. The molecule has 0 aliphatic carbocycles. The molecule has 2 aromatic carbocycles. The Bertz CT molecular complexity index is 1340. The maximum absolute atomic E-state index is 13.5. The smallest absolute Gasteiger partial charge is 0.285 e. The van der Waals surface area contributed by atoms with Gasteiger partial charge in [0, 0.05) is 16.6 Å². The highest BCUT2D eigenvalue weighted by atomic mass is 35.5. The Morgan fingerprint density at radius 1 is 1.13 bits per heavy atom. The van der Waals surface area contributed by atoms with Crippen LogP contribution in [0, 0.1) is 5.92 Å². The molecule has 2 unspecified atom stereocenters. The summed E-state index contributed by atoms with van der Waals surface area (Å²) >= 11 is 5.96. The van der Waals surface area contributed by atoms with E-state index in [2.05, 4.69) is 15.2 Å². The number of hydrogen-bond acceptors (Lipinski definition) is 7. The number of phenolic OH excluding ortho intramolecular Hbond substituents is 1. The number of phenols is 1. The summed E-state index contributed by atoms with van der Waals surface area (Å²) in [6, 6.07) is 12.9. The first-order valence-electron chi connectivity index (χ1n) is 9.04. The van der Waals surface area contributed by atoms with Crippen molar-refractivity contribution in [2.24, 2.45) is 16.2 Å². The zero-order valence-corrected chi connectivity index (χ0v) is 17.2. The van der Waals surface area contributed by atoms with Crippen LogP contribution in [0.15, 0.2) is 69.9 Å². The number of oxime groups is 1. The molecule has 3 aromatic rings. The van der Waals surface area contributed by atoms with Crippen molar-refractivity contribution in [3.63, 3.8) is 0 Å². The van der Waals surface area contributed by atoms with Gasteiger partial charge in [-0.15, -0.1) is 4.41 Å². The summed E-state index contributed by atoms with van der Waals surface area (Å²) in [5, 5.41) is 19.3. The van der Waals surface area contributed by atoms with Gasteiger partial charge in [-0.25, -0.2) is 0 Å². The van der Waals surface area contributed by atoms with Crippen molar-refractivity contribution in [3.8, 4) is 5.75 Å². The van der Waals surface area contributed by atoms with Gasteiger partial charge in [0.15, 0.2) is 11.9 Å². The predicted octanol–water partition coefficient (Wildman–Crippen LogP) is 3.68. The molecule has 0 saturated carbocycles. The number of hydrazone groups is 1. The van der Waals surface area contributed by atoms with Gasteiger partial charge in [-0.3, -0.25) is 4.98 Å². The number of aromatic nitrogens is 1. The standard InChI is InChI=1S/C20H15ClN4O4S/c1-11-17-19(12-4-6-13(21)7-5-12)29-24-20(17)25(23-11)30(27,28)16-9-8-15(26)18-14(16)3-2-10-22-18/h2-10,17,19,26H,1H3. The van der Waals surface area contributed by atoms with E-state index in [4.69, 9.17) is 16.4 Å². The first-order chi connectivity index (χ1) is 14.4. The molecule has 0 bridgehead atoms. The van der Waals surface area contributed by atoms with Crippen LogP contribution in [-0.4, -0.2) is 34.5 Å². The number of fused-ring (bicyclic) bond motifs is 2. The van der Waals surface area contributed by atoms with Crippen molar-refractivity contribution in [1.29, 1.82) is 0 Å². The van der Waals surface area contributed by atoms with Crippen LogP contribution in [0.3, 0.4) is 0 Å². The van der Waals surface area contributed by atoms with E-state index >= 15 is 0 Å². The molecule has 3 heterocycles. The number of sulfonamides is 1. The van der Waals surface area contributed by atoms with Crippen molar-refractivity contribution >= 4 is 44.1 Å². The summed E-state index contributed by atoms with van der Waals surface area (Å²) in [5.41, 5.74) is 1.57. The largest absolute Gasteiger partial charge is 0.506 e. The number of halogens is 1. The molecule has 2 aliphatic heterocycles. The van der Waals surface area contributed by atoms with E-state index < -0.39 is 22.0 Å². The number of hydrogen-bond donors (Lipinski definition) is 1. The molecular formula is C20H15ClN4O4S. The molecule has 152 valence electrons. The molecule has 1 N–H and O–H groups in total. The lowest BCUT2D eigenvalue weighted by Gasteiger charge is -2.17. The van der Waals surface area contributed by atoms with Crippen molar-refractivity contribution in [1.82, 2.24) is 9.40 Å². The van der Waals surface area contributed by atoms with Crippen LogP contribution in [0.4, 0.5) is 0 Å². The predicted molar refractivity (Wildman–Crippen MR) is 112 cm³/mol. The third-order valence-corrected chi connectivity index (χ3v) is 7.04. The zero-order valence-electron chi connectivity index (χ0n) is 15.6. The SMILES string of the molecule is CC1=NN(S(=O)(=O)c2ccc(O)c3ncccc23)C2=NOC(c3ccc(Cl)cc3)C12. The molecule has 0 amide bonds. The quantitative estimate of drug-likeness (QED) is 0.666. The van der Waals surface area contributed by atoms with E-state index in [9.17, 15) is 13.5 Å². The van der Waals surface area contributed by atoms with Gasteiger partial charge in [0.1, 0.15) is 17.2 Å². The summed E-state index contributed by atoms with van der Waals surface area (Å²) < 4.78 is 27.9. The molecule has 1 aromatic heterocycles. The Kier molecular flexibility index (Phi) is 4.19. The van der Waals surface area contributed by atoms with Gasteiger partial charge >= 0.3 is 0 Å². The number of nitrogens with zero attached hydrogens (tertiary/aromatic N) is 4. The normalized spacial score (nSPS) is 20.7. The van der Waals surface area contributed by atoms with Crippen molar-refractivity contribution < 1.29 is 18.4 Å². The van der Waals surface area contributed by atoms with E-state index in [0.717, 1.165) is 9.98 Å². The van der Waals surface area contributed by atoms with Crippen LogP contribution < -0.4 is 0 Å². The summed E-state index contributed by atoms with van der Waals surface area (Å²) in [4.78, 5) is 9.65. The second-order valence-electron chi connectivity index (χ2n) is 6.98. The summed E-state index contributed by atoms with van der Waals surface area (Å²) in [5.74, 6) is -0.354. The van der Waals surface area contributed by atoms with Gasteiger partial charge in [-0.1, -0.05) is 28.9 Å². The van der Waals surface area contributed by atoms with Crippen molar-refractivity contribution in [2.75, 3.05) is 0 Å². The van der Waals surface area contributed by atoms with Crippen molar-refractivity contribution in [2.45, 2.75) is 17.9 Å². The van der Waals surface area contributed by atoms with Gasteiger partial charge < -0.3 is 9.94 Å². The molecule has 30 heavy (non-hydrogen) atoms. The first kappa shape index (κ1) is 18.8. The minimum absolute atomic E-state index is 0.0294. The van der Waals surface area contributed by atoms with Gasteiger partial charge in [-0.2, -0.15) is 13.5 Å². The summed E-state index contributed by atoms with van der Waals surface area (Å²) in [6.07, 6.45) is 0.984. The number of aromatic hydroxyl groups is 1. The maximum Gasteiger partial charge on any atom is 0.285 e. The fourth-order valence-corrected chi connectivity index (χ4v) is 5.34. The molecule has 5 rings (SSSR count). The van der Waals surface area contributed by atoms with Crippen molar-refractivity contribution in [3.05, 3.63) is 65.3 Å². The molecular weight excluding hydrogens is 428 g/mol. The van der Waals surface area contributed by atoms with Gasteiger partial charge in [0.05, 0.1) is 10.6 Å². The number of pyridine rings is 1. The third-order valence-electron chi connectivity index (χ3n) is 5.15. The first-order valence-corrected chi connectivity index (χ1v) is 10.9. The van der Waals surface area contributed by atoms with Crippen LogP contribution in [0.25, 0.3) is 10.9 Å².